The highest BCUT2D eigenvalue weighted by atomic mass is 16.3. The minimum atomic E-state index is -0.500. The lowest BCUT2D eigenvalue weighted by molar-refractivity contribution is -0.890. The fourth-order valence-electron chi connectivity index (χ4n) is 1.70. The van der Waals surface area contributed by atoms with Crippen LogP contribution in [0.4, 0.5) is 0 Å². The molecule has 0 aliphatic rings. The van der Waals surface area contributed by atoms with Crippen LogP contribution in [0.3, 0.4) is 0 Å². The molecular weight excluding hydrogens is 218 g/mol. The number of aliphatic hydroxyl groups is 1. The first-order valence-electron chi connectivity index (χ1n) is 6.52. The van der Waals surface area contributed by atoms with Crippen molar-refractivity contribution in [2.24, 2.45) is 0 Å². The van der Waals surface area contributed by atoms with Gasteiger partial charge in [0.2, 0.25) is 0 Å². The molecule has 0 radical (unpaired) electrons. The van der Waals surface area contributed by atoms with Crippen molar-refractivity contribution in [3.05, 3.63) is 0 Å². The molecule has 104 valence electrons. The van der Waals surface area contributed by atoms with E-state index in [1.165, 1.54) is 45.1 Å². The van der Waals surface area contributed by atoms with Crippen molar-refractivity contribution < 1.29 is 19.5 Å². The van der Waals surface area contributed by atoms with Crippen molar-refractivity contribution in [3.63, 3.8) is 0 Å². The van der Waals surface area contributed by atoms with Gasteiger partial charge in [-0.1, -0.05) is 32.6 Å². The molecule has 0 fully saturated rings. The van der Waals surface area contributed by atoms with Crippen LogP contribution in [0.15, 0.2) is 0 Å². The Morgan fingerprint density at radius 1 is 1.06 bits per heavy atom. The van der Waals surface area contributed by atoms with Gasteiger partial charge in [0, 0.05) is 6.47 Å². The van der Waals surface area contributed by atoms with Gasteiger partial charge in [0.1, 0.15) is 6.54 Å². The van der Waals surface area contributed by atoms with Crippen LogP contribution in [0.5, 0.6) is 0 Å². The number of hydrogen-bond acceptors (Lipinski definition) is 3. The Labute approximate surface area is 106 Å². The number of quaternary nitrogens is 1. The lowest BCUT2D eigenvalue weighted by Gasteiger charge is -2.28. The van der Waals surface area contributed by atoms with Crippen LogP contribution in [0.1, 0.15) is 45.4 Å². The van der Waals surface area contributed by atoms with E-state index in [4.69, 9.17) is 15.0 Å². The summed E-state index contributed by atoms with van der Waals surface area (Å²) in [5.41, 5.74) is 0. The topological polar surface area (TPSA) is 60.4 Å². The number of hydrogen-bond donors (Lipinski definition) is 1. The van der Waals surface area contributed by atoms with E-state index < -0.39 is 6.47 Å². The standard InChI is InChI=1S/C12H28NO.CH2O2/c1-4-5-6-7-8-9-10-13(2,3)11-12-14;2-1-3/h14H,4-12H2,1-3H3;1H,(H,2,3)/q+1;/p-1. The smallest absolute Gasteiger partial charge is 0.102 e. The maximum absolute atomic E-state index is 8.86. The van der Waals surface area contributed by atoms with E-state index in [1.807, 2.05) is 0 Å². The van der Waals surface area contributed by atoms with Crippen LogP contribution < -0.4 is 5.11 Å². The van der Waals surface area contributed by atoms with Crippen LogP contribution in [-0.4, -0.2) is 49.9 Å². The molecule has 0 saturated heterocycles. The van der Waals surface area contributed by atoms with Crippen LogP contribution in [0.2, 0.25) is 0 Å². The van der Waals surface area contributed by atoms with Gasteiger partial charge in [-0.25, -0.2) is 0 Å². The van der Waals surface area contributed by atoms with E-state index in [2.05, 4.69) is 21.0 Å². The zero-order valence-electron chi connectivity index (χ0n) is 11.7. The Morgan fingerprint density at radius 3 is 2.00 bits per heavy atom. The van der Waals surface area contributed by atoms with E-state index in [9.17, 15) is 0 Å². The third-order valence-corrected chi connectivity index (χ3v) is 2.82. The Kier molecular flexibility index (Phi) is 14.8. The van der Waals surface area contributed by atoms with Crippen LogP contribution in [-0.2, 0) is 4.79 Å². The summed E-state index contributed by atoms with van der Waals surface area (Å²) in [4.78, 5) is 8.25. The maximum Gasteiger partial charge on any atom is 0.102 e. The van der Waals surface area contributed by atoms with Gasteiger partial charge in [-0.15, -0.1) is 0 Å². The number of carbonyl (C=O) groups is 1. The van der Waals surface area contributed by atoms with Gasteiger partial charge in [-0.3, -0.25) is 0 Å². The van der Waals surface area contributed by atoms with Crippen molar-refractivity contribution in [2.75, 3.05) is 33.8 Å². The SMILES string of the molecule is CCCCCCCC[N+](C)(C)CCO.O=C[O-]. The zero-order valence-corrected chi connectivity index (χ0v) is 11.7. The van der Waals surface area contributed by atoms with Crippen molar-refractivity contribution in [1.82, 2.24) is 0 Å². The highest BCUT2D eigenvalue weighted by Gasteiger charge is 2.12. The first kappa shape index (κ1) is 18.7. The molecule has 0 saturated carbocycles. The van der Waals surface area contributed by atoms with Crippen molar-refractivity contribution in [1.29, 1.82) is 0 Å². The largest absolute Gasteiger partial charge is 0.554 e. The molecular formula is C13H29NO3. The maximum atomic E-state index is 8.86. The summed E-state index contributed by atoms with van der Waals surface area (Å²) in [6.07, 6.45) is 8.14. The molecule has 1 N–H and O–H groups in total. The van der Waals surface area contributed by atoms with Gasteiger partial charge in [-0.05, 0) is 12.8 Å². The quantitative estimate of drug-likeness (QED) is 0.372. The van der Waals surface area contributed by atoms with E-state index in [0.717, 1.165) is 11.0 Å². The summed E-state index contributed by atoms with van der Waals surface area (Å²) in [7, 11) is 4.39. The minimum absolute atomic E-state index is 0.308. The molecule has 0 atom stereocenters. The van der Waals surface area contributed by atoms with Crippen molar-refractivity contribution in [2.45, 2.75) is 45.4 Å². The lowest BCUT2D eigenvalue weighted by Crippen LogP contribution is -2.42. The molecule has 0 unspecified atom stereocenters. The molecule has 0 aromatic carbocycles. The average molecular weight is 247 g/mol. The monoisotopic (exact) mass is 247 g/mol. The Morgan fingerprint density at radius 2 is 1.53 bits per heavy atom. The Balaban J connectivity index is 0. The first-order chi connectivity index (χ1) is 8.04. The Hall–Kier alpha value is -0.610. The summed E-state index contributed by atoms with van der Waals surface area (Å²) in [6.45, 7) is 4.14. The number of nitrogens with zero attached hydrogens (tertiary/aromatic N) is 1. The molecule has 4 heteroatoms. The van der Waals surface area contributed by atoms with Gasteiger partial charge in [0.25, 0.3) is 0 Å². The average Bonchev–Trinajstić information content (AvgIpc) is 2.24. The summed E-state index contributed by atoms with van der Waals surface area (Å²) in [6, 6.07) is 0. The van der Waals surface area contributed by atoms with E-state index in [0.29, 0.717) is 6.61 Å². The molecule has 0 bridgehead atoms. The van der Waals surface area contributed by atoms with Gasteiger partial charge < -0.3 is 19.5 Å². The van der Waals surface area contributed by atoms with E-state index in [-0.39, 0.29) is 0 Å². The van der Waals surface area contributed by atoms with Crippen LogP contribution in [0.25, 0.3) is 0 Å². The first-order valence-corrected chi connectivity index (χ1v) is 6.52. The molecule has 0 aromatic heterocycles. The molecule has 0 rings (SSSR count). The van der Waals surface area contributed by atoms with Crippen molar-refractivity contribution in [3.8, 4) is 0 Å². The predicted octanol–water partition coefficient (Wildman–Crippen LogP) is 0.782. The molecule has 4 nitrogen and oxygen atoms in total. The number of likely N-dealkylation sites (N-methyl/N-ethyl adjacent to an activating group) is 1. The van der Waals surface area contributed by atoms with E-state index in [1.54, 1.807) is 0 Å². The number of carbonyl (C=O) groups excluding carboxylic acids is 1. The molecule has 0 spiro atoms. The zero-order chi connectivity index (χ0) is 13.6. The highest BCUT2D eigenvalue weighted by Crippen LogP contribution is 2.07. The third kappa shape index (κ3) is 18.0. The van der Waals surface area contributed by atoms with Gasteiger partial charge >= 0.3 is 0 Å². The minimum Gasteiger partial charge on any atom is -0.554 e. The normalized spacial score (nSPS) is 10.6. The van der Waals surface area contributed by atoms with Gasteiger partial charge in [-0.2, -0.15) is 0 Å². The van der Waals surface area contributed by atoms with Gasteiger partial charge in [0.05, 0.1) is 27.2 Å². The number of unbranched alkanes of at least 4 members (excludes halogenated alkanes) is 5. The van der Waals surface area contributed by atoms with Crippen LogP contribution >= 0.6 is 0 Å². The number of aliphatic hydroxyl groups excluding tert-OH is 1. The summed E-state index contributed by atoms with van der Waals surface area (Å²) >= 11 is 0. The Bertz CT molecular complexity index is 161. The fourth-order valence-corrected chi connectivity index (χ4v) is 1.70. The molecule has 0 aromatic rings. The number of carboxylic acid groups (broad SMARTS) is 1. The molecule has 17 heavy (non-hydrogen) atoms. The second kappa shape index (κ2) is 13.5. The molecule has 0 aliphatic heterocycles. The lowest BCUT2D eigenvalue weighted by atomic mass is 10.1. The van der Waals surface area contributed by atoms with Gasteiger partial charge in [0.15, 0.2) is 0 Å². The second-order valence-corrected chi connectivity index (χ2v) is 4.97. The number of rotatable bonds is 9. The predicted molar refractivity (Wildman–Crippen MR) is 68.4 cm³/mol. The second-order valence-electron chi connectivity index (χ2n) is 4.97. The summed E-state index contributed by atoms with van der Waals surface area (Å²) in [5.74, 6) is 0. The summed E-state index contributed by atoms with van der Waals surface area (Å²) < 4.78 is 0.963. The molecule has 0 aliphatic carbocycles. The molecule has 0 amide bonds. The molecule has 0 heterocycles. The van der Waals surface area contributed by atoms with E-state index >= 15 is 0 Å². The fraction of sp³-hybridized carbons (Fsp3) is 0.923. The summed E-state index contributed by atoms with van der Waals surface area (Å²) in [5, 5.41) is 17.1. The third-order valence-electron chi connectivity index (χ3n) is 2.82. The highest BCUT2D eigenvalue weighted by molar-refractivity contribution is 5.29. The van der Waals surface area contributed by atoms with Crippen molar-refractivity contribution >= 4 is 6.47 Å². The van der Waals surface area contributed by atoms with Crippen LogP contribution in [0, 0.1) is 0 Å².